The molecule has 102 valence electrons. The smallest absolute Gasteiger partial charge is 0.294 e. The van der Waals surface area contributed by atoms with Gasteiger partial charge in [-0.25, -0.2) is 0 Å². The summed E-state index contributed by atoms with van der Waals surface area (Å²) >= 11 is 5.42. The Morgan fingerprint density at radius 2 is 1.85 bits per heavy atom. The highest BCUT2D eigenvalue weighted by molar-refractivity contribution is 6.83. The molecule has 0 spiro atoms. The van der Waals surface area contributed by atoms with Crippen LogP contribution in [0.5, 0.6) is 0 Å². The van der Waals surface area contributed by atoms with Crippen molar-refractivity contribution < 1.29 is 9.59 Å². The van der Waals surface area contributed by atoms with Crippen LogP contribution in [0, 0.1) is 0 Å². The molecule has 0 fully saturated rings. The molecule has 1 aromatic heterocycles. The average molecular weight is 288 g/mol. The molecule has 0 saturated heterocycles. The monoisotopic (exact) mass is 287 g/mol. The number of nitrogens with zero attached hydrogens (tertiary/aromatic N) is 1. The van der Waals surface area contributed by atoms with E-state index >= 15 is 0 Å². The van der Waals surface area contributed by atoms with Crippen molar-refractivity contribution >= 4 is 22.6 Å². The van der Waals surface area contributed by atoms with Crippen LogP contribution in [-0.4, -0.2) is 15.6 Å². The number of carbonyl (C=O) groups excluding carboxylic acids is 2. The zero-order valence-electron chi connectivity index (χ0n) is 10.9. The van der Waals surface area contributed by atoms with Gasteiger partial charge in [0.15, 0.2) is 0 Å². The molecule has 0 atom stereocenters. The fraction of sp³-hybridized carbons (Fsp3) is 0.250. The molecule has 3 rings (SSSR count). The number of hydrogen-bond donors (Lipinski definition) is 0. The Balaban J connectivity index is 2.21. The summed E-state index contributed by atoms with van der Waals surface area (Å²) in [6.45, 7) is 0.771. The molecule has 2 aromatic rings. The molecule has 0 bridgehead atoms. The van der Waals surface area contributed by atoms with Gasteiger partial charge in [0.05, 0.1) is 0 Å². The van der Waals surface area contributed by atoms with E-state index in [4.69, 9.17) is 11.6 Å². The lowest BCUT2D eigenvalue weighted by molar-refractivity contribution is -0.108. The maximum Gasteiger partial charge on any atom is 0.294 e. The molecular weight excluding hydrogens is 274 g/mol. The second kappa shape index (κ2) is 5.25. The van der Waals surface area contributed by atoms with E-state index in [2.05, 4.69) is 0 Å². The number of benzene rings is 1. The maximum absolute atomic E-state index is 12.2. The molecule has 20 heavy (non-hydrogen) atoms. The third-order valence-electron chi connectivity index (χ3n) is 3.73. The normalized spacial score (nSPS) is 13.8. The van der Waals surface area contributed by atoms with Gasteiger partial charge in [0.1, 0.15) is 5.69 Å². The van der Waals surface area contributed by atoms with Crippen LogP contribution >= 0.6 is 11.6 Å². The van der Waals surface area contributed by atoms with Crippen molar-refractivity contribution in [2.24, 2.45) is 0 Å². The fourth-order valence-corrected chi connectivity index (χ4v) is 2.91. The minimum absolute atomic E-state index is 0.436. The van der Waals surface area contributed by atoms with Gasteiger partial charge < -0.3 is 4.57 Å². The predicted octanol–water partition coefficient (Wildman–Crippen LogP) is 3.44. The summed E-state index contributed by atoms with van der Waals surface area (Å²) in [5.74, 6) is -0.612. The second-order valence-electron chi connectivity index (χ2n) is 4.98. The molecule has 2 heterocycles. The Hall–Kier alpha value is -1.87. The Labute approximate surface area is 122 Å². The molecule has 1 aliphatic heterocycles. The lowest BCUT2D eigenvalue weighted by Crippen LogP contribution is -2.19. The zero-order valence-corrected chi connectivity index (χ0v) is 11.7. The van der Waals surface area contributed by atoms with E-state index in [1.807, 2.05) is 41.0 Å². The number of halogens is 1. The second-order valence-corrected chi connectivity index (χ2v) is 5.32. The van der Waals surface area contributed by atoms with Gasteiger partial charge >= 0.3 is 0 Å². The molecule has 3 nitrogen and oxygen atoms in total. The van der Waals surface area contributed by atoms with Crippen LogP contribution < -0.4 is 0 Å². The van der Waals surface area contributed by atoms with Crippen molar-refractivity contribution in [3.05, 3.63) is 47.8 Å². The predicted molar refractivity (Wildman–Crippen MR) is 78.0 cm³/mol. The van der Waals surface area contributed by atoms with Crippen LogP contribution in [0.15, 0.2) is 36.4 Å². The van der Waals surface area contributed by atoms with E-state index < -0.39 is 11.0 Å². The minimum atomic E-state index is -0.923. The lowest BCUT2D eigenvalue weighted by Gasteiger charge is -2.17. The number of aromatic nitrogens is 1. The highest BCUT2D eigenvalue weighted by atomic mass is 35.5. The average Bonchev–Trinajstić information content (AvgIpc) is 2.86. The molecule has 4 heteroatoms. The van der Waals surface area contributed by atoms with E-state index in [-0.39, 0.29) is 0 Å². The van der Waals surface area contributed by atoms with Crippen molar-refractivity contribution in [3.63, 3.8) is 0 Å². The molecule has 0 unspecified atom stereocenters. The highest BCUT2D eigenvalue weighted by Crippen LogP contribution is 2.31. The molecule has 0 aliphatic carbocycles. The van der Waals surface area contributed by atoms with Gasteiger partial charge in [-0.05, 0) is 42.5 Å². The Morgan fingerprint density at radius 1 is 1.10 bits per heavy atom. The topological polar surface area (TPSA) is 39.1 Å². The van der Waals surface area contributed by atoms with Crippen LogP contribution in [0.25, 0.3) is 11.1 Å². The number of rotatable bonds is 3. The highest BCUT2D eigenvalue weighted by Gasteiger charge is 2.26. The first-order valence-electron chi connectivity index (χ1n) is 6.70. The van der Waals surface area contributed by atoms with Crippen molar-refractivity contribution in [1.82, 2.24) is 4.57 Å². The summed E-state index contributed by atoms with van der Waals surface area (Å²) in [4.78, 5) is 23.5. The first-order chi connectivity index (χ1) is 9.68. The number of hydrogen-bond acceptors (Lipinski definition) is 2. The van der Waals surface area contributed by atoms with Gasteiger partial charge in [-0.2, -0.15) is 0 Å². The van der Waals surface area contributed by atoms with E-state index in [0.29, 0.717) is 5.69 Å². The first kappa shape index (κ1) is 13.1. The molecule has 0 N–H and O–H groups in total. The van der Waals surface area contributed by atoms with Crippen LogP contribution in [0.1, 0.15) is 29.0 Å². The summed E-state index contributed by atoms with van der Waals surface area (Å²) in [5, 5.41) is -0.923. The van der Waals surface area contributed by atoms with Crippen molar-refractivity contribution in [1.29, 1.82) is 0 Å². The fourth-order valence-electron chi connectivity index (χ4n) is 2.82. The summed E-state index contributed by atoms with van der Waals surface area (Å²) in [5.41, 5.74) is 3.29. The third kappa shape index (κ3) is 2.18. The van der Waals surface area contributed by atoms with Crippen molar-refractivity contribution in [3.8, 4) is 11.1 Å². The van der Waals surface area contributed by atoms with Crippen molar-refractivity contribution in [2.45, 2.75) is 25.8 Å². The molecule has 1 aliphatic rings. The molecule has 0 radical (unpaired) electrons. The number of carbonyl (C=O) groups is 2. The lowest BCUT2D eigenvalue weighted by atomic mass is 10.0. The quantitative estimate of drug-likeness (QED) is 0.493. The van der Waals surface area contributed by atoms with Gasteiger partial charge in [0.25, 0.3) is 11.0 Å². The minimum Gasteiger partial charge on any atom is -0.341 e. The number of Topliss-reactive ketones (excluding diaryl/α,β-unsaturated/α-hetero) is 1. The molecule has 0 saturated carbocycles. The van der Waals surface area contributed by atoms with E-state index in [1.165, 1.54) is 0 Å². The van der Waals surface area contributed by atoms with Gasteiger partial charge in [0.2, 0.25) is 0 Å². The van der Waals surface area contributed by atoms with Gasteiger partial charge in [0, 0.05) is 17.8 Å². The number of ketones is 1. The SMILES string of the molecule is O=C(Cl)C(=O)c1c(-c2ccccc2)cc2n1CCCC2. The number of fused-ring (bicyclic) bond motifs is 1. The van der Waals surface area contributed by atoms with Gasteiger partial charge in [-0.3, -0.25) is 9.59 Å². The van der Waals surface area contributed by atoms with E-state index in [1.54, 1.807) is 0 Å². The molecule has 0 amide bonds. The van der Waals surface area contributed by atoms with Crippen LogP contribution in [-0.2, 0) is 17.8 Å². The van der Waals surface area contributed by atoms with Crippen molar-refractivity contribution in [2.75, 3.05) is 0 Å². The Kier molecular flexibility index (Phi) is 3.45. The maximum atomic E-state index is 12.2. The summed E-state index contributed by atoms with van der Waals surface area (Å²) in [7, 11) is 0. The van der Waals surface area contributed by atoms with Gasteiger partial charge in [-0.1, -0.05) is 30.3 Å². The Bertz CT molecular complexity index is 673. The molecule has 1 aromatic carbocycles. The number of aryl methyl sites for hydroxylation is 1. The largest absolute Gasteiger partial charge is 0.341 e. The zero-order chi connectivity index (χ0) is 14.1. The van der Waals surface area contributed by atoms with E-state index in [0.717, 1.165) is 42.6 Å². The molecular formula is C16H14ClNO2. The standard InChI is InChI=1S/C16H14ClNO2/c17-16(20)15(19)14-13(11-6-2-1-3-7-11)10-12-8-4-5-9-18(12)14/h1-3,6-7,10H,4-5,8-9H2. The third-order valence-corrected chi connectivity index (χ3v) is 3.90. The van der Waals surface area contributed by atoms with Crippen LogP contribution in [0.3, 0.4) is 0 Å². The summed E-state index contributed by atoms with van der Waals surface area (Å²) in [6.07, 6.45) is 3.07. The summed E-state index contributed by atoms with van der Waals surface area (Å²) in [6, 6.07) is 11.7. The van der Waals surface area contributed by atoms with Crippen LogP contribution in [0.2, 0.25) is 0 Å². The van der Waals surface area contributed by atoms with Crippen LogP contribution in [0.4, 0.5) is 0 Å². The van der Waals surface area contributed by atoms with E-state index in [9.17, 15) is 9.59 Å². The Morgan fingerprint density at radius 3 is 2.55 bits per heavy atom. The first-order valence-corrected chi connectivity index (χ1v) is 7.08. The van der Waals surface area contributed by atoms with Gasteiger partial charge in [-0.15, -0.1) is 0 Å². The summed E-state index contributed by atoms with van der Waals surface area (Å²) < 4.78 is 1.95.